The topological polar surface area (TPSA) is 70.8 Å². The van der Waals surface area contributed by atoms with E-state index >= 15 is 0 Å². The minimum atomic E-state index is -0.472. The number of thioether (sulfide) groups is 1. The fourth-order valence-corrected chi connectivity index (χ4v) is 4.62. The third kappa shape index (κ3) is 4.50. The van der Waals surface area contributed by atoms with Crippen LogP contribution in [-0.4, -0.2) is 46.5 Å². The molecule has 0 atom stereocenters. The van der Waals surface area contributed by atoms with Gasteiger partial charge in [0, 0.05) is 29.2 Å². The quantitative estimate of drug-likeness (QED) is 0.515. The maximum absolute atomic E-state index is 12.7. The molecular weight excluding hydrogens is 492 g/mol. The number of hydrogen-bond donors (Lipinski definition) is 0. The SMILES string of the molecule is O=C(CN1C(=O)S/C(=C\c2ccc(-c3ccc(Br)c(Cl)c3)o2)C1=O)N1CCCCC1. The second kappa shape index (κ2) is 8.99. The first-order chi connectivity index (χ1) is 14.4. The molecule has 1 aromatic carbocycles. The number of nitrogens with zero attached hydrogens (tertiary/aromatic N) is 2. The van der Waals surface area contributed by atoms with Crippen molar-refractivity contribution in [3.63, 3.8) is 0 Å². The van der Waals surface area contributed by atoms with Gasteiger partial charge in [-0.3, -0.25) is 19.3 Å². The van der Waals surface area contributed by atoms with Crippen LogP contribution >= 0.6 is 39.3 Å². The molecule has 3 heterocycles. The van der Waals surface area contributed by atoms with Crippen LogP contribution in [-0.2, 0) is 9.59 Å². The van der Waals surface area contributed by atoms with E-state index in [0.717, 1.165) is 46.0 Å². The average Bonchev–Trinajstić information content (AvgIpc) is 3.31. The lowest BCUT2D eigenvalue weighted by molar-refractivity contribution is -0.136. The Morgan fingerprint density at radius 1 is 1.17 bits per heavy atom. The molecule has 0 bridgehead atoms. The van der Waals surface area contributed by atoms with Gasteiger partial charge in [0.1, 0.15) is 18.1 Å². The molecule has 2 saturated heterocycles. The monoisotopic (exact) mass is 508 g/mol. The molecule has 2 aromatic rings. The highest BCUT2D eigenvalue weighted by Crippen LogP contribution is 2.34. The van der Waals surface area contributed by atoms with Crippen molar-refractivity contribution < 1.29 is 18.8 Å². The zero-order valence-corrected chi connectivity index (χ0v) is 19.1. The Morgan fingerprint density at radius 3 is 2.67 bits per heavy atom. The number of carbonyl (C=O) groups is 3. The molecule has 0 spiro atoms. The number of likely N-dealkylation sites (tertiary alicyclic amines) is 1. The van der Waals surface area contributed by atoms with Crippen molar-refractivity contribution in [1.82, 2.24) is 9.80 Å². The van der Waals surface area contributed by atoms with Crippen LogP contribution in [0.25, 0.3) is 17.4 Å². The lowest BCUT2D eigenvalue weighted by Gasteiger charge is -2.27. The van der Waals surface area contributed by atoms with Gasteiger partial charge in [-0.05, 0) is 71.2 Å². The summed E-state index contributed by atoms with van der Waals surface area (Å²) in [6, 6.07) is 8.95. The van der Waals surface area contributed by atoms with Crippen molar-refractivity contribution in [3.8, 4) is 11.3 Å². The van der Waals surface area contributed by atoms with Crippen LogP contribution in [0.4, 0.5) is 4.79 Å². The van der Waals surface area contributed by atoms with Crippen LogP contribution in [0.2, 0.25) is 5.02 Å². The first-order valence-electron chi connectivity index (χ1n) is 9.51. The Bertz CT molecular complexity index is 1050. The van der Waals surface area contributed by atoms with Gasteiger partial charge in [-0.1, -0.05) is 17.7 Å². The molecule has 156 valence electrons. The van der Waals surface area contributed by atoms with E-state index in [0.29, 0.717) is 29.6 Å². The van der Waals surface area contributed by atoms with E-state index in [1.54, 1.807) is 23.1 Å². The van der Waals surface area contributed by atoms with E-state index in [4.69, 9.17) is 16.0 Å². The van der Waals surface area contributed by atoms with E-state index in [-0.39, 0.29) is 17.4 Å². The lowest BCUT2D eigenvalue weighted by Crippen LogP contribution is -2.44. The van der Waals surface area contributed by atoms with Crippen LogP contribution in [0, 0.1) is 0 Å². The van der Waals surface area contributed by atoms with Crippen LogP contribution in [0.1, 0.15) is 25.0 Å². The van der Waals surface area contributed by atoms with Gasteiger partial charge in [0.2, 0.25) is 5.91 Å². The van der Waals surface area contributed by atoms with Gasteiger partial charge < -0.3 is 9.32 Å². The number of carbonyl (C=O) groups excluding carboxylic acids is 3. The molecule has 0 unspecified atom stereocenters. The molecule has 30 heavy (non-hydrogen) atoms. The molecule has 3 amide bonds. The van der Waals surface area contributed by atoms with Gasteiger partial charge in [-0.25, -0.2) is 0 Å². The average molecular weight is 510 g/mol. The van der Waals surface area contributed by atoms with Crippen LogP contribution in [0.3, 0.4) is 0 Å². The summed E-state index contributed by atoms with van der Waals surface area (Å²) < 4.78 is 6.59. The molecule has 0 aliphatic carbocycles. The Hall–Kier alpha value is -2.03. The highest BCUT2D eigenvalue weighted by atomic mass is 79.9. The van der Waals surface area contributed by atoms with E-state index in [2.05, 4.69) is 15.9 Å². The Kier molecular flexibility index (Phi) is 6.36. The number of piperidine rings is 1. The van der Waals surface area contributed by atoms with Gasteiger partial charge in [0.05, 0.1) is 9.93 Å². The predicted octanol–water partition coefficient (Wildman–Crippen LogP) is 5.41. The van der Waals surface area contributed by atoms with E-state index < -0.39 is 11.1 Å². The van der Waals surface area contributed by atoms with Crippen molar-refractivity contribution in [2.75, 3.05) is 19.6 Å². The molecule has 2 aliphatic rings. The number of rotatable bonds is 4. The number of benzene rings is 1. The van der Waals surface area contributed by atoms with Gasteiger partial charge in [0.15, 0.2) is 0 Å². The first kappa shape index (κ1) is 21.2. The molecule has 4 rings (SSSR count). The molecular formula is C21H18BrClN2O4S. The predicted molar refractivity (Wildman–Crippen MR) is 120 cm³/mol. The third-order valence-corrected chi connectivity index (χ3v) is 7.12. The molecule has 9 heteroatoms. The number of halogens is 2. The van der Waals surface area contributed by atoms with Gasteiger partial charge in [0.25, 0.3) is 11.1 Å². The Morgan fingerprint density at radius 2 is 1.93 bits per heavy atom. The summed E-state index contributed by atoms with van der Waals surface area (Å²) in [5.41, 5.74) is 0.795. The second-order valence-corrected chi connectivity index (χ2v) is 9.29. The largest absolute Gasteiger partial charge is 0.457 e. The van der Waals surface area contributed by atoms with Crippen molar-refractivity contribution in [3.05, 3.63) is 50.5 Å². The molecule has 6 nitrogen and oxygen atoms in total. The lowest BCUT2D eigenvalue weighted by atomic mass is 10.1. The number of imide groups is 1. The number of amides is 3. The van der Waals surface area contributed by atoms with Crippen LogP contribution < -0.4 is 0 Å². The number of furan rings is 1. The fraction of sp³-hybridized carbons (Fsp3) is 0.286. The molecule has 0 N–H and O–H groups in total. The zero-order valence-electron chi connectivity index (χ0n) is 15.9. The van der Waals surface area contributed by atoms with Gasteiger partial charge in [-0.2, -0.15) is 0 Å². The first-order valence-corrected chi connectivity index (χ1v) is 11.5. The van der Waals surface area contributed by atoms with Crippen LogP contribution in [0.5, 0.6) is 0 Å². The normalized spacial score (nSPS) is 18.5. The zero-order chi connectivity index (χ0) is 21.3. The number of hydrogen-bond acceptors (Lipinski definition) is 5. The van der Waals surface area contributed by atoms with Gasteiger partial charge >= 0.3 is 0 Å². The molecule has 2 aliphatic heterocycles. The van der Waals surface area contributed by atoms with Crippen molar-refractivity contribution in [1.29, 1.82) is 0 Å². The molecule has 1 aromatic heterocycles. The van der Waals surface area contributed by atoms with Crippen molar-refractivity contribution in [2.45, 2.75) is 19.3 Å². The standard InChI is InChI=1S/C21H18BrClN2O4S/c22-15-6-4-13(10-16(15)23)17-7-5-14(29-17)11-18-20(27)25(21(28)30-18)12-19(26)24-8-2-1-3-9-24/h4-7,10-11H,1-3,8-9,12H2/b18-11-. The van der Waals surface area contributed by atoms with Crippen molar-refractivity contribution >= 4 is 62.4 Å². The minimum absolute atomic E-state index is 0.189. The van der Waals surface area contributed by atoms with Gasteiger partial charge in [-0.15, -0.1) is 0 Å². The van der Waals surface area contributed by atoms with E-state index in [1.165, 1.54) is 6.08 Å². The van der Waals surface area contributed by atoms with Crippen molar-refractivity contribution in [2.24, 2.45) is 0 Å². The highest BCUT2D eigenvalue weighted by molar-refractivity contribution is 9.10. The summed E-state index contributed by atoms with van der Waals surface area (Å²) in [4.78, 5) is 40.4. The van der Waals surface area contributed by atoms with E-state index in [1.807, 2.05) is 12.1 Å². The Balaban J connectivity index is 1.47. The maximum Gasteiger partial charge on any atom is 0.294 e. The molecule has 2 fully saturated rings. The summed E-state index contributed by atoms with van der Waals surface area (Å²) in [5.74, 6) is 0.373. The minimum Gasteiger partial charge on any atom is -0.457 e. The summed E-state index contributed by atoms with van der Waals surface area (Å²) >= 11 is 10.3. The summed E-state index contributed by atoms with van der Waals surface area (Å²) in [5, 5.41) is 0.119. The molecule has 0 radical (unpaired) electrons. The summed E-state index contributed by atoms with van der Waals surface area (Å²) in [6.45, 7) is 1.14. The van der Waals surface area contributed by atoms with E-state index in [9.17, 15) is 14.4 Å². The maximum atomic E-state index is 12.7. The Labute approximate surface area is 191 Å². The summed E-state index contributed by atoms with van der Waals surface area (Å²) in [6.07, 6.45) is 4.54. The summed E-state index contributed by atoms with van der Waals surface area (Å²) in [7, 11) is 0. The third-order valence-electron chi connectivity index (χ3n) is 4.98. The highest BCUT2D eigenvalue weighted by Gasteiger charge is 2.37. The smallest absolute Gasteiger partial charge is 0.294 e. The fourth-order valence-electron chi connectivity index (χ4n) is 3.38. The second-order valence-electron chi connectivity index (χ2n) is 7.04. The van der Waals surface area contributed by atoms with Crippen LogP contribution in [0.15, 0.2) is 44.1 Å². The molecule has 0 saturated carbocycles.